The van der Waals surface area contributed by atoms with Gasteiger partial charge in [-0.1, -0.05) is 24.3 Å². The van der Waals surface area contributed by atoms with Crippen molar-refractivity contribution in [2.75, 3.05) is 37.0 Å². The van der Waals surface area contributed by atoms with Crippen LogP contribution in [0.15, 0.2) is 54.7 Å². The molecule has 172 valence electrons. The predicted octanol–water partition coefficient (Wildman–Crippen LogP) is 5.02. The lowest BCUT2D eigenvalue weighted by Gasteiger charge is -2.33. The minimum absolute atomic E-state index is 0.0567. The molecular weight excluding hydrogens is 417 g/mol. The van der Waals surface area contributed by atoms with E-state index in [-0.39, 0.29) is 11.9 Å². The van der Waals surface area contributed by atoms with Crippen molar-refractivity contribution in [1.29, 1.82) is 0 Å². The Labute approximate surface area is 194 Å². The lowest BCUT2D eigenvalue weighted by Crippen LogP contribution is -2.44. The van der Waals surface area contributed by atoms with E-state index in [0.29, 0.717) is 36.0 Å². The summed E-state index contributed by atoms with van der Waals surface area (Å²) >= 11 is 0. The van der Waals surface area contributed by atoms with E-state index in [2.05, 4.69) is 44.3 Å². The van der Waals surface area contributed by atoms with Crippen LogP contribution >= 0.6 is 0 Å². The summed E-state index contributed by atoms with van der Waals surface area (Å²) in [5, 5.41) is 3.15. The number of rotatable bonds is 7. The molecule has 0 amide bonds. The van der Waals surface area contributed by atoms with Crippen LogP contribution < -0.4 is 10.2 Å². The molecular formula is C26H30FN5O. The van der Waals surface area contributed by atoms with Crippen LogP contribution in [0.5, 0.6) is 0 Å². The maximum absolute atomic E-state index is 15.0. The predicted molar refractivity (Wildman–Crippen MR) is 129 cm³/mol. The highest BCUT2D eigenvalue weighted by molar-refractivity contribution is 5.64. The van der Waals surface area contributed by atoms with Crippen LogP contribution in [0.1, 0.15) is 31.9 Å². The Balaban J connectivity index is 1.29. The number of aromatic nitrogens is 2. The molecule has 3 heterocycles. The van der Waals surface area contributed by atoms with Crippen molar-refractivity contribution in [1.82, 2.24) is 14.9 Å². The van der Waals surface area contributed by atoms with E-state index < -0.39 is 0 Å². The summed E-state index contributed by atoms with van der Waals surface area (Å²) in [5.41, 5.74) is 4.23. The largest absolute Gasteiger partial charge is 0.374 e. The molecule has 0 aliphatic carbocycles. The normalized spacial score (nSPS) is 20.9. The average molecular weight is 448 g/mol. The molecule has 3 atom stereocenters. The highest BCUT2D eigenvalue weighted by Gasteiger charge is 2.42. The number of fused-ring (bicyclic) bond motifs is 2. The zero-order valence-electron chi connectivity index (χ0n) is 19.3. The number of piperazine rings is 1. The van der Waals surface area contributed by atoms with Gasteiger partial charge in [0.2, 0.25) is 5.95 Å². The molecule has 6 nitrogen and oxygen atoms in total. The fourth-order valence-corrected chi connectivity index (χ4v) is 4.96. The molecule has 5 rings (SSSR count). The SMILES string of the molecule is CCOC(C)c1ccc(-c2ccnc(Nc3ccc(N4CC5CC4CN5C)c(F)c3)n2)cc1. The molecule has 3 unspecified atom stereocenters. The first kappa shape index (κ1) is 21.8. The first-order chi connectivity index (χ1) is 16.0. The van der Waals surface area contributed by atoms with Crippen molar-refractivity contribution in [3.8, 4) is 11.3 Å². The number of likely N-dealkylation sites (tertiary alicyclic amines) is 1. The van der Waals surface area contributed by atoms with Gasteiger partial charge in [-0.15, -0.1) is 0 Å². The van der Waals surface area contributed by atoms with Crippen LogP contribution in [-0.4, -0.2) is 53.7 Å². The zero-order chi connectivity index (χ0) is 22.9. The molecule has 2 aliphatic heterocycles. The summed E-state index contributed by atoms with van der Waals surface area (Å²) < 4.78 is 20.6. The van der Waals surface area contributed by atoms with Gasteiger partial charge in [-0.2, -0.15) is 0 Å². The van der Waals surface area contributed by atoms with Gasteiger partial charge in [-0.05, 0) is 57.1 Å². The Morgan fingerprint density at radius 3 is 2.61 bits per heavy atom. The van der Waals surface area contributed by atoms with Gasteiger partial charge in [-0.3, -0.25) is 4.90 Å². The summed E-state index contributed by atoms with van der Waals surface area (Å²) in [7, 11) is 2.15. The van der Waals surface area contributed by atoms with Gasteiger partial charge in [0, 0.05) is 49.2 Å². The van der Waals surface area contributed by atoms with E-state index in [4.69, 9.17) is 4.74 Å². The molecule has 33 heavy (non-hydrogen) atoms. The Hall–Kier alpha value is -3.03. The van der Waals surface area contributed by atoms with E-state index in [1.54, 1.807) is 6.20 Å². The number of anilines is 3. The Morgan fingerprint density at radius 1 is 1.12 bits per heavy atom. The summed E-state index contributed by atoms with van der Waals surface area (Å²) in [4.78, 5) is 13.5. The minimum Gasteiger partial charge on any atom is -0.374 e. The first-order valence-corrected chi connectivity index (χ1v) is 11.6. The monoisotopic (exact) mass is 447 g/mol. The smallest absolute Gasteiger partial charge is 0.227 e. The van der Waals surface area contributed by atoms with Crippen LogP contribution in [0.4, 0.5) is 21.7 Å². The number of ether oxygens (including phenoxy) is 1. The van der Waals surface area contributed by atoms with Gasteiger partial charge in [0.25, 0.3) is 0 Å². The average Bonchev–Trinajstić information content (AvgIpc) is 3.39. The third kappa shape index (κ3) is 4.43. The Bertz CT molecular complexity index is 1120. The molecule has 2 saturated heterocycles. The molecule has 3 aromatic rings. The summed E-state index contributed by atoms with van der Waals surface area (Å²) in [6.07, 6.45) is 2.88. The first-order valence-electron chi connectivity index (χ1n) is 11.6. The van der Waals surface area contributed by atoms with E-state index in [1.807, 2.05) is 44.2 Å². The van der Waals surface area contributed by atoms with Crippen molar-refractivity contribution in [3.05, 3.63) is 66.1 Å². The minimum atomic E-state index is -0.217. The number of likely N-dealkylation sites (N-methyl/N-ethyl adjacent to an activating group) is 1. The second-order valence-electron chi connectivity index (χ2n) is 8.91. The quantitative estimate of drug-likeness (QED) is 0.549. The van der Waals surface area contributed by atoms with Gasteiger partial charge < -0.3 is 15.0 Å². The molecule has 1 N–H and O–H groups in total. The number of benzene rings is 2. The fourth-order valence-electron chi connectivity index (χ4n) is 4.96. The van der Waals surface area contributed by atoms with Crippen LogP contribution in [0.3, 0.4) is 0 Å². The summed E-state index contributed by atoms with van der Waals surface area (Å²) in [5.74, 6) is 0.221. The molecule has 2 bridgehead atoms. The van der Waals surface area contributed by atoms with Gasteiger partial charge in [0.1, 0.15) is 5.82 Å². The van der Waals surface area contributed by atoms with Crippen molar-refractivity contribution in [2.45, 2.75) is 38.5 Å². The zero-order valence-corrected chi connectivity index (χ0v) is 19.3. The molecule has 2 aliphatic rings. The molecule has 2 fully saturated rings. The second kappa shape index (κ2) is 9.08. The van der Waals surface area contributed by atoms with E-state index in [1.165, 1.54) is 6.07 Å². The van der Waals surface area contributed by atoms with E-state index in [9.17, 15) is 4.39 Å². The van der Waals surface area contributed by atoms with Gasteiger partial charge in [0.15, 0.2) is 0 Å². The molecule has 7 heteroatoms. The number of nitrogens with one attached hydrogen (secondary N) is 1. The standard InChI is InChI=1S/C26H30FN5O/c1-4-33-17(2)18-5-7-19(8-6-18)24-11-12-28-26(30-24)29-20-9-10-25(23(27)13-20)32-16-21-14-22(32)15-31(21)3/h5-13,17,21-22H,4,14-16H2,1-3H3,(H,28,29,30). The number of nitrogens with zero attached hydrogens (tertiary/aromatic N) is 4. The summed E-state index contributed by atoms with van der Waals surface area (Å²) in [6, 6.07) is 16.3. The highest BCUT2D eigenvalue weighted by Crippen LogP contribution is 2.36. The maximum atomic E-state index is 15.0. The molecule has 2 aromatic carbocycles. The van der Waals surface area contributed by atoms with Crippen molar-refractivity contribution < 1.29 is 9.13 Å². The lowest BCUT2D eigenvalue weighted by atomic mass is 10.1. The lowest BCUT2D eigenvalue weighted by molar-refractivity contribution is 0.0764. The second-order valence-corrected chi connectivity index (χ2v) is 8.91. The van der Waals surface area contributed by atoms with Gasteiger partial charge in [-0.25, -0.2) is 14.4 Å². The molecule has 0 spiro atoms. The molecule has 0 saturated carbocycles. The number of hydrogen-bond donors (Lipinski definition) is 1. The van der Waals surface area contributed by atoms with E-state index in [0.717, 1.165) is 36.3 Å². The highest BCUT2D eigenvalue weighted by atomic mass is 19.1. The van der Waals surface area contributed by atoms with Crippen LogP contribution in [0.2, 0.25) is 0 Å². The van der Waals surface area contributed by atoms with Crippen molar-refractivity contribution >= 4 is 17.3 Å². The fraction of sp³-hybridized carbons (Fsp3) is 0.385. The van der Waals surface area contributed by atoms with Crippen LogP contribution in [-0.2, 0) is 4.74 Å². The topological polar surface area (TPSA) is 53.5 Å². The number of hydrogen-bond acceptors (Lipinski definition) is 6. The third-order valence-corrected chi connectivity index (χ3v) is 6.78. The van der Waals surface area contributed by atoms with Gasteiger partial charge in [0.05, 0.1) is 17.5 Å². The van der Waals surface area contributed by atoms with Crippen LogP contribution in [0, 0.1) is 5.82 Å². The van der Waals surface area contributed by atoms with Gasteiger partial charge >= 0.3 is 0 Å². The number of halogens is 1. The van der Waals surface area contributed by atoms with Crippen molar-refractivity contribution in [2.24, 2.45) is 0 Å². The molecule has 1 aromatic heterocycles. The summed E-state index contributed by atoms with van der Waals surface area (Å²) in [6.45, 7) is 6.60. The molecule has 0 radical (unpaired) electrons. The third-order valence-electron chi connectivity index (χ3n) is 6.78. The van der Waals surface area contributed by atoms with E-state index >= 15 is 0 Å². The Kier molecular flexibility index (Phi) is 6.00. The van der Waals surface area contributed by atoms with Crippen LogP contribution in [0.25, 0.3) is 11.3 Å². The van der Waals surface area contributed by atoms with Crippen molar-refractivity contribution in [3.63, 3.8) is 0 Å². The maximum Gasteiger partial charge on any atom is 0.227 e. The Morgan fingerprint density at radius 2 is 1.94 bits per heavy atom.